The fourth-order valence-corrected chi connectivity index (χ4v) is 3.05. The Morgan fingerprint density at radius 1 is 1.22 bits per heavy atom. The molecule has 1 aromatic heterocycles. The Labute approximate surface area is 130 Å². The number of nitrogens with zero attached hydrogens (tertiary/aromatic N) is 2. The van der Waals surface area contributed by atoms with E-state index in [9.17, 15) is 0 Å². The van der Waals surface area contributed by atoms with E-state index in [4.69, 9.17) is 0 Å². The van der Waals surface area contributed by atoms with Crippen LogP contribution in [0.25, 0.3) is 11.3 Å². The minimum absolute atomic E-state index is 0. The maximum absolute atomic E-state index is 4.51. The Bertz CT molecular complexity index is 555. The Balaban J connectivity index is 0.00000162. The predicted octanol–water partition coefficient (Wildman–Crippen LogP) is 4.50. The summed E-state index contributed by atoms with van der Waals surface area (Å²) in [6.07, 6.45) is 0. The monoisotopic (exact) mass is 390 g/mol. The zero-order valence-corrected chi connectivity index (χ0v) is 14.5. The minimum atomic E-state index is 0. The summed E-state index contributed by atoms with van der Waals surface area (Å²) < 4.78 is 3.37. The van der Waals surface area contributed by atoms with E-state index >= 15 is 0 Å². The summed E-state index contributed by atoms with van der Waals surface area (Å²) in [5.74, 6) is 0. The molecule has 2 rings (SSSR count). The lowest BCUT2D eigenvalue weighted by Crippen LogP contribution is -2.14. The lowest BCUT2D eigenvalue weighted by Gasteiger charge is -2.06. The van der Waals surface area contributed by atoms with Crippen LogP contribution in [0.4, 0.5) is 0 Å². The van der Waals surface area contributed by atoms with E-state index in [1.54, 1.807) is 11.3 Å². The normalized spacial score (nSPS) is 11.4. The van der Waals surface area contributed by atoms with E-state index < -0.39 is 0 Å². The average Bonchev–Trinajstić information content (AvgIpc) is 2.73. The number of hydrogen-bond acceptors (Lipinski definition) is 2. The lowest BCUT2D eigenvalue weighted by molar-refractivity contribution is 0.735. The van der Waals surface area contributed by atoms with Gasteiger partial charge in [-0.3, -0.25) is 4.99 Å². The molecule has 1 aromatic carbocycles. The van der Waals surface area contributed by atoms with E-state index in [-0.39, 0.29) is 17.0 Å². The first kappa shape index (κ1) is 15.7. The Morgan fingerprint density at radius 3 is 2.44 bits per heavy atom. The summed E-state index contributed by atoms with van der Waals surface area (Å²) in [6, 6.07) is 8.41. The molecular formula is C13H16Br2N2S. The largest absolute Gasteiger partial charge is 0.317 e. The van der Waals surface area contributed by atoms with Crippen LogP contribution in [-0.4, -0.2) is 11.1 Å². The molecule has 2 nitrogen and oxygen atoms in total. The fourth-order valence-electron chi connectivity index (χ4n) is 1.75. The van der Waals surface area contributed by atoms with Crippen LogP contribution in [-0.2, 0) is 6.54 Å². The second kappa shape index (κ2) is 7.26. The van der Waals surface area contributed by atoms with Crippen LogP contribution in [0.2, 0.25) is 0 Å². The molecule has 5 heteroatoms. The Hall–Kier alpha value is -0.390. The van der Waals surface area contributed by atoms with Crippen molar-refractivity contribution >= 4 is 44.2 Å². The van der Waals surface area contributed by atoms with Crippen molar-refractivity contribution in [3.8, 4) is 11.3 Å². The van der Waals surface area contributed by atoms with Crippen LogP contribution in [0.3, 0.4) is 0 Å². The van der Waals surface area contributed by atoms with Crippen LogP contribution < -0.4 is 4.80 Å². The van der Waals surface area contributed by atoms with Crippen LogP contribution in [0.15, 0.2) is 39.1 Å². The van der Waals surface area contributed by atoms with Gasteiger partial charge in [0.2, 0.25) is 0 Å². The minimum Gasteiger partial charge on any atom is -0.317 e. The third-order valence-corrected chi connectivity index (χ3v) is 3.98. The standard InChI is InChI=1S/C13H15BrN2S.BrH/c1-3-15-13-16(4-2)12(9-17-13)10-5-7-11(14)8-6-10;/h5-9H,3-4H2,1-2H3;1H. The molecule has 0 atom stereocenters. The number of hydrogen-bond donors (Lipinski definition) is 0. The number of benzene rings is 1. The van der Waals surface area contributed by atoms with E-state index in [0.717, 1.165) is 22.4 Å². The summed E-state index contributed by atoms with van der Waals surface area (Å²) in [4.78, 5) is 5.62. The first-order chi connectivity index (χ1) is 8.26. The van der Waals surface area contributed by atoms with Crippen LogP contribution >= 0.6 is 44.2 Å². The van der Waals surface area contributed by atoms with Gasteiger partial charge in [0, 0.05) is 22.9 Å². The highest BCUT2D eigenvalue weighted by Gasteiger charge is 2.05. The van der Waals surface area contributed by atoms with Crippen molar-refractivity contribution < 1.29 is 0 Å². The van der Waals surface area contributed by atoms with Crippen molar-refractivity contribution in [3.63, 3.8) is 0 Å². The molecule has 0 N–H and O–H groups in total. The van der Waals surface area contributed by atoms with Crippen LogP contribution in [0, 0.1) is 0 Å². The van der Waals surface area contributed by atoms with Crippen molar-refractivity contribution in [2.75, 3.05) is 6.54 Å². The van der Waals surface area contributed by atoms with Gasteiger partial charge in [0.05, 0.1) is 5.69 Å². The van der Waals surface area contributed by atoms with Gasteiger partial charge in [-0.15, -0.1) is 28.3 Å². The molecule has 0 aliphatic heterocycles. The maximum Gasteiger partial charge on any atom is 0.185 e. The van der Waals surface area contributed by atoms with Crippen molar-refractivity contribution in [2.24, 2.45) is 4.99 Å². The zero-order valence-electron chi connectivity index (χ0n) is 10.4. The van der Waals surface area contributed by atoms with Gasteiger partial charge in [-0.05, 0) is 31.5 Å². The molecule has 0 fully saturated rings. The predicted molar refractivity (Wildman–Crippen MR) is 87.5 cm³/mol. The number of halogens is 2. The Kier molecular flexibility index (Phi) is 6.32. The van der Waals surface area contributed by atoms with Gasteiger partial charge < -0.3 is 4.57 Å². The molecule has 2 aromatic rings. The fraction of sp³-hybridized carbons (Fsp3) is 0.308. The molecule has 0 aliphatic carbocycles. The molecular weight excluding hydrogens is 376 g/mol. The lowest BCUT2D eigenvalue weighted by atomic mass is 10.2. The molecule has 18 heavy (non-hydrogen) atoms. The average molecular weight is 392 g/mol. The SMILES string of the molecule is Br.CCN=c1scc(-c2ccc(Br)cc2)n1CC. The first-order valence-electron chi connectivity index (χ1n) is 5.71. The molecule has 0 unspecified atom stereocenters. The number of aromatic nitrogens is 1. The quantitative estimate of drug-likeness (QED) is 0.732. The highest BCUT2D eigenvalue weighted by atomic mass is 79.9. The second-order valence-corrected chi connectivity index (χ2v) is 5.38. The molecule has 0 amide bonds. The summed E-state index contributed by atoms with van der Waals surface area (Å²) in [5, 5.41) is 2.18. The molecule has 98 valence electrons. The summed E-state index contributed by atoms with van der Waals surface area (Å²) in [5.41, 5.74) is 2.49. The molecule has 0 saturated carbocycles. The van der Waals surface area contributed by atoms with Crippen LogP contribution in [0.5, 0.6) is 0 Å². The third kappa shape index (κ3) is 3.33. The molecule has 0 aliphatic rings. The molecule has 0 spiro atoms. The first-order valence-corrected chi connectivity index (χ1v) is 7.38. The summed E-state index contributed by atoms with van der Waals surface area (Å²) in [6.45, 7) is 6.01. The van der Waals surface area contributed by atoms with Crippen molar-refractivity contribution in [1.29, 1.82) is 0 Å². The second-order valence-electron chi connectivity index (χ2n) is 3.63. The van der Waals surface area contributed by atoms with E-state index in [2.05, 4.69) is 69.0 Å². The topological polar surface area (TPSA) is 17.3 Å². The highest BCUT2D eigenvalue weighted by Crippen LogP contribution is 2.22. The zero-order chi connectivity index (χ0) is 12.3. The van der Waals surface area contributed by atoms with Gasteiger partial charge in [-0.2, -0.15) is 0 Å². The van der Waals surface area contributed by atoms with Gasteiger partial charge in [0.1, 0.15) is 0 Å². The number of thiazole rings is 1. The van der Waals surface area contributed by atoms with E-state index in [0.29, 0.717) is 0 Å². The summed E-state index contributed by atoms with van der Waals surface area (Å²) >= 11 is 5.17. The van der Waals surface area contributed by atoms with Crippen molar-refractivity contribution in [2.45, 2.75) is 20.4 Å². The summed E-state index contributed by atoms with van der Waals surface area (Å²) in [7, 11) is 0. The van der Waals surface area contributed by atoms with Gasteiger partial charge >= 0.3 is 0 Å². The molecule has 1 heterocycles. The highest BCUT2D eigenvalue weighted by molar-refractivity contribution is 9.10. The van der Waals surface area contributed by atoms with Crippen molar-refractivity contribution in [1.82, 2.24) is 4.57 Å². The smallest absolute Gasteiger partial charge is 0.185 e. The molecule has 0 radical (unpaired) electrons. The van der Waals surface area contributed by atoms with Gasteiger partial charge in [0.25, 0.3) is 0 Å². The molecule has 0 bridgehead atoms. The van der Waals surface area contributed by atoms with Gasteiger partial charge in [-0.1, -0.05) is 28.1 Å². The Morgan fingerprint density at radius 2 is 1.89 bits per heavy atom. The molecule has 0 saturated heterocycles. The van der Waals surface area contributed by atoms with E-state index in [1.165, 1.54) is 11.3 Å². The van der Waals surface area contributed by atoms with E-state index in [1.807, 2.05) is 0 Å². The number of rotatable bonds is 3. The maximum atomic E-state index is 4.51. The van der Waals surface area contributed by atoms with Crippen molar-refractivity contribution in [3.05, 3.63) is 38.9 Å². The van der Waals surface area contributed by atoms with Gasteiger partial charge in [-0.25, -0.2) is 0 Å². The van der Waals surface area contributed by atoms with Gasteiger partial charge in [0.15, 0.2) is 4.80 Å². The van der Waals surface area contributed by atoms with Crippen LogP contribution in [0.1, 0.15) is 13.8 Å². The third-order valence-electron chi connectivity index (χ3n) is 2.55.